The summed E-state index contributed by atoms with van der Waals surface area (Å²) >= 11 is 0. The van der Waals surface area contributed by atoms with Crippen molar-refractivity contribution in [1.29, 1.82) is 0 Å². The molecule has 0 saturated carbocycles. The Morgan fingerprint density at radius 2 is 1.89 bits per heavy atom. The third-order valence-corrected chi connectivity index (χ3v) is 2.50. The Morgan fingerprint density at radius 1 is 1.22 bits per heavy atom. The molecule has 1 heterocycles. The lowest BCUT2D eigenvalue weighted by molar-refractivity contribution is -0.114. The Labute approximate surface area is 104 Å². The second kappa shape index (κ2) is 4.87. The monoisotopic (exact) mass is 245 g/mol. The molecule has 92 valence electrons. The van der Waals surface area contributed by atoms with Gasteiger partial charge in [0.1, 0.15) is 17.3 Å². The number of rotatable bonds is 3. The molecule has 0 atom stereocenters. The number of hydrogen-bond donors (Lipinski definition) is 1. The van der Waals surface area contributed by atoms with E-state index in [9.17, 15) is 9.18 Å². The topological polar surface area (TPSA) is 56.2 Å². The van der Waals surface area contributed by atoms with Crippen LogP contribution in [0.5, 0.6) is 0 Å². The largest absolute Gasteiger partial charge is 0.457 e. The second-order valence-corrected chi connectivity index (χ2v) is 3.90. The lowest BCUT2D eigenvalue weighted by Gasteiger charge is -1.96. The zero-order valence-electron chi connectivity index (χ0n) is 9.81. The van der Waals surface area contributed by atoms with Gasteiger partial charge in [0.2, 0.25) is 5.91 Å². The molecule has 0 aliphatic heterocycles. The maximum Gasteiger partial charge on any atom is 0.244 e. The minimum atomic E-state index is -0.491. The van der Waals surface area contributed by atoms with Gasteiger partial charge < -0.3 is 10.2 Å². The van der Waals surface area contributed by atoms with Crippen molar-refractivity contribution >= 4 is 12.0 Å². The summed E-state index contributed by atoms with van der Waals surface area (Å²) in [7, 11) is 0. The Morgan fingerprint density at radius 3 is 2.50 bits per heavy atom. The van der Waals surface area contributed by atoms with Gasteiger partial charge in [0.15, 0.2) is 0 Å². The molecule has 2 rings (SSSR count). The van der Waals surface area contributed by atoms with Crippen molar-refractivity contribution in [3.8, 4) is 11.3 Å². The number of furan rings is 1. The molecule has 0 spiro atoms. The quantitative estimate of drug-likeness (QED) is 0.845. The summed E-state index contributed by atoms with van der Waals surface area (Å²) in [6, 6.07) is 9.47. The predicted octanol–water partition coefficient (Wildman–Crippen LogP) is 2.97. The Bertz CT molecular complexity index is 597. The standard InChI is InChI=1S/C14H12FNO2/c1-9(14(16)17)8-12-6-7-13(18-12)10-2-4-11(15)5-3-10/h2-8H,1H3,(H2,16,17)/b9-8+. The van der Waals surface area contributed by atoms with Gasteiger partial charge in [-0.1, -0.05) is 0 Å². The van der Waals surface area contributed by atoms with E-state index in [0.717, 1.165) is 5.56 Å². The summed E-state index contributed by atoms with van der Waals surface area (Å²) in [6.45, 7) is 1.61. The third kappa shape index (κ3) is 2.66. The van der Waals surface area contributed by atoms with Gasteiger partial charge in [-0.05, 0) is 49.4 Å². The van der Waals surface area contributed by atoms with Gasteiger partial charge in [0.05, 0.1) is 0 Å². The van der Waals surface area contributed by atoms with E-state index in [4.69, 9.17) is 10.2 Å². The van der Waals surface area contributed by atoms with Gasteiger partial charge in [0, 0.05) is 11.1 Å². The average Bonchev–Trinajstić information content (AvgIpc) is 2.78. The van der Waals surface area contributed by atoms with E-state index < -0.39 is 5.91 Å². The molecule has 0 bridgehead atoms. The molecule has 2 N–H and O–H groups in total. The number of amides is 1. The molecule has 1 aromatic carbocycles. The summed E-state index contributed by atoms with van der Waals surface area (Å²) in [4.78, 5) is 10.9. The normalized spacial score (nSPS) is 11.6. The first-order chi connectivity index (χ1) is 8.56. The van der Waals surface area contributed by atoms with Crippen molar-refractivity contribution in [2.45, 2.75) is 6.92 Å². The van der Waals surface area contributed by atoms with Gasteiger partial charge in [-0.3, -0.25) is 4.79 Å². The van der Waals surface area contributed by atoms with Gasteiger partial charge >= 0.3 is 0 Å². The molecule has 0 unspecified atom stereocenters. The van der Waals surface area contributed by atoms with Crippen molar-refractivity contribution in [3.63, 3.8) is 0 Å². The molecule has 18 heavy (non-hydrogen) atoms. The van der Waals surface area contributed by atoms with Crippen LogP contribution in [0.15, 0.2) is 46.4 Å². The molecule has 0 radical (unpaired) electrons. The average molecular weight is 245 g/mol. The highest BCUT2D eigenvalue weighted by molar-refractivity contribution is 5.95. The van der Waals surface area contributed by atoms with Crippen LogP contribution in [0.4, 0.5) is 4.39 Å². The molecule has 3 nitrogen and oxygen atoms in total. The highest BCUT2D eigenvalue weighted by Gasteiger charge is 2.05. The van der Waals surface area contributed by atoms with Crippen LogP contribution in [0.3, 0.4) is 0 Å². The first kappa shape index (κ1) is 12.1. The third-order valence-electron chi connectivity index (χ3n) is 2.50. The number of primary amides is 1. The number of hydrogen-bond acceptors (Lipinski definition) is 2. The van der Waals surface area contributed by atoms with E-state index in [1.807, 2.05) is 0 Å². The minimum absolute atomic E-state index is 0.296. The van der Waals surface area contributed by atoms with Crippen LogP contribution in [0, 0.1) is 5.82 Å². The number of nitrogens with two attached hydrogens (primary N) is 1. The van der Waals surface area contributed by atoms with E-state index in [-0.39, 0.29) is 5.82 Å². The first-order valence-electron chi connectivity index (χ1n) is 5.40. The van der Waals surface area contributed by atoms with Gasteiger partial charge in [-0.15, -0.1) is 0 Å². The van der Waals surface area contributed by atoms with Crippen LogP contribution >= 0.6 is 0 Å². The molecule has 0 saturated heterocycles. The molecule has 0 aliphatic rings. The number of carbonyl (C=O) groups is 1. The van der Waals surface area contributed by atoms with E-state index in [0.29, 0.717) is 17.1 Å². The van der Waals surface area contributed by atoms with Gasteiger partial charge in [0.25, 0.3) is 0 Å². The van der Waals surface area contributed by atoms with Crippen LogP contribution < -0.4 is 5.73 Å². The van der Waals surface area contributed by atoms with Crippen LogP contribution in [0.2, 0.25) is 0 Å². The number of halogens is 1. The lowest BCUT2D eigenvalue weighted by atomic mass is 10.2. The fourth-order valence-corrected chi connectivity index (χ4v) is 1.48. The Hall–Kier alpha value is -2.36. The molecule has 1 amide bonds. The molecule has 4 heteroatoms. The summed E-state index contributed by atoms with van der Waals surface area (Å²) in [5.74, 6) is 0.355. The summed E-state index contributed by atoms with van der Waals surface area (Å²) < 4.78 is 18.3. The molecular formula is C14H12FNO2. The van der Waals surface area contributed by atoms with Crippen LogP contribution in [0.25, 0.3) is 17.4 Å². The fourth-order valence-electron chi connectivity index (χ4n) is 1.48. The van der Waals surface area contributed by atoms with Gasteiger partial charge in [-0.25, -0.2) is 4.39 Å². The van der Waals surface area contributed by atoms with Crippen molar-refractivity contribution in [1.82, 2.24) is 0 Å². The second-order valence-electron chi connectivity index (χ2n) is 3.90. The fraction of sp³-hybridized carbons (Fsp3) is 0.0714. The zero-order chi connectivity index (χ0) is 13.1. The Balaban J connectivity index is 2.28. The smallest absolute Gasteiger partial charge is 0.244 e. The first-order valence-corrected chi connectivity index (χ1v) is 5.40. The van der Waals surface area contributed by atoms with Crippen LogP contribution in [0.1, 0.15) is 12.7 Å². The molecule has 0 aliphatic carbocycles. The molecule has 2 aromatic rings. The van der Waals surface area contributed by atoms with Crippen molar-refractivity contribution in [3.05, 3.63) is 53.5 Å². The number of carbonyl (C=O) groups excluding carboxylic acids is 1. The maximum absolute atomic E-state index is 12.8. The van der Waals surface area contributed by atoms with Crippen LogP contribution in [-0.2, 0) is 4.79 Å². The van der Waals surface area contributed by atoms with Crippen molar-refractivity contribution in [2.24, 2.45) is 5.73 Å². The Kier molecular flexibility index (Phi) is 3.28. The van der Waals surface area contributed by atoms with Crippen LogP contribution in [-0.4, -0.2) is 5.91 Å². The lowest BCUT2D eigenvalue weighted by Crippen LogP contribution is -2.11. The van der Waals surface area contributed by atoms with E-state index in [2.05, 4.69) is 0 Å². The highest BCUT2D eigenvalue weighted by atomic mass is 19.1. The van der Waals surface area contributed by atoms with E-state index in [1.165, 1.54) is 12.1 Å². The molecular weight excluding hydrogens is 233 g/mol. The van der Waals surface area contributed by atoms with E-state index in [1.54, 1.807) is 37.3 Å². The number of benzene rings is 1. The predicted molar refractivity (Wildman–Crippen MR) is 66.9 cm³/mol. The van der Waals surface area contributed by atoms with E-state index >= 15 is 0 Å². The van der Waals surface area contributed by atoms with Crippen molar-refractivity contribution < 1.29 is 13.6 Å². The summed E-state index contributed by atoms with van der Waals surface area (Å²) in [5.41, 5.74) is 6.31. The molecule has 1 aromatic heterocycles. The minimum Gasteiger partial charge on any atom is -0.457 e. The van der Waals surface area contributed by atoms with Gasteiger partial charge in [-0.2, -0.15) is 0 Å². The van der Waals surface area contributed by atoms with Crippen molar-refractivity contribution in [2.75, 3.05) is 0 Å². The molecule has 0 fully saturated rings. The zero-order valence-corrected chi connectivity index (χ0v) is 9.81. The SMILES string of the molecule is C/C(=C\c1ccc(-c2ccc(F)cc2)o1)C(N)=O. The summed E-state index contributed by atoms with van der Waals surface area (Å²) in [5, 5.41) is 0. The highest BCUT2D eigenvalue weighted by Crippen LogP contribution is 2.23. The maximum atomic E-state index is 12.8. The summed E-state index contributed by atoms with van der Waals surface area (Å²) in [6.07, 6.45) is 1.56.